The monoisotopic (exact) mass is 577 g/mol. The van der Waals surface area contributed by atoms with Crippen LogP contribution < -0.4 is 15.4 Å². The summed E-state index contributed by atoms with van der Waals surface area (Å²) >= 11 is 6.62. The van der Waals surface area contributed by atoms with Crippen LogP contribution in [0.1, 0.15) is 44.9 Å². The molecular weight excluding hydrogens is 540 g/mol. The second kappa shape index (κ2) is 12.8. The molecule has 3 N–H and O–H groups in total. The van der Waals surface area contributed by atoms with E-state index in [-0.39, 0.29) is 30.8 Å². The van der Waals surface area contributed by atoms with Crippen LogP contribution in [0.2, 0.25) is 5.02 Å². The minimum atomic E-state index is -2.35. The van der Waals surface area contributed by atoms with Crippen molar-refractivity contribution < 1.29 is 23.4 Å². The third kappa shape index (κ3) is 6.72. The number of carbonyl (C=O) groups excluding carboxylic acids is 1. The van der Waals surface area contributed by atoms with Gasteiger partial charge in [0.05, 0.1) is 28.9 Å². The van der Waals surface area contributed by atoms with E-state index in [2.05, 4.69) is 4.90 Å². The first-order chi connectivity index (χ1) is 19.0. The third-order valence-corrected chi connectivity index (χ3v) is 7.93. The molecule has 0 aliphatic carbocycles. The molecule has 2 saturated heterocycles. The Labute approximate surface area is 239 Å². The molecule has 218 valence electrons. The number of ketones is 1. The predicted molar refractivity (Wildman–Crippen MR) is 153 cm³/mol. The molecule has 1 aromatic carbocycles. The number of Topliss-reactive ketones (excluding diaryl/α,β-unsaturated/α-hetero) is 1. The highest BCUT2D eigenvalue weighted by molar-refractivity contribution is 6.33. The molecule has 0 saturated carbocycles. The maximum Gasteiger partial charge on any atom is 0.251 e. The molecule has 8 nitrogen and oxygen atoms in total. The van der Waals surface area contributed by atoms with Crippen LogP contribution in [-0.2, 0) is 4.79 Å². The molecule has 3 heterocycles. The highest BCUT2D eigenvalue weighted by Gasteiger charge is 2.41. The summed E-state index contributed by atoms with van der Waals surface area (Å²) in [7, 11) is 0. The number of aliphatic hydroxyl groups is 1. The number of fused-ring (bicyclic) bond motifs is 1. The minimum Gasteiger partial charge on any atom is -0.491 e. The van der Waals surface area contributed by atoms with Gasteiger partial charge in [-0.1, -0.05) is 24.9 Å². The molecule has 4 rings (SSSR count). The number of aromatic nitrogens is 2. The normalized spacial score (nSPS) is 20.6. The number of halogens is 3. The molecule has 40 heavy (non-hydrogen) atoms. The van der Waals surface area contributed by atoms with Gasteiger partial charge in [0.1, 0.15) is 18.2 Å². The second-order valence-electron chi connectivity index (χ2n) is 10.9. The van der Waals surface area contributed by atoms with Gasteiger partial charge in [0, 0.05) is 43.0 Å². The average molecular weight is 578 g/mol. The Morgan fingerprint density at radius 2 is 1.88 bits per heavy atom. The molecule has 0 bridgehead atoms. The first kappa shape index (κ1) is 30.1. The lowest BCUT2D eigenvalue weighted by Crippen LogP contribution is -2.32. The number of carbonyl (C=O) groups is 1. The molecule has 0 amide bonds. The van der Waals surface area contributed by atoms with Gasteiger partial charge in [-0.3, -0.25) is 9.69 Å². The van der Waals surface area contributed by atoms with Gasteiger partial charge in [-0.05, 0) is 57.2 Å². The number of hydrogen-bond donors (Lipinski definition) is 2. The summed E-state index contributed by atoms with van der Waals surface area (Å²) < 4.78 is 31.7. The quantitative estimate of drug-likeness (QED) is 0.375. The molecule has 1 aromatic heterocycles. The standard InChI is InChI=1S/C29H38ClF2N5O3/c1-5-6-21(39)15-40-22-7-8-24(30)23(9-22)28-34-27(26(17(3)33)18(4)38)16(2)29(35-28)37-12-19-10-36(14-25(31)32)11-20(19)13-37/h7-9,19-21,25,39H,5-6,10-15,33H2,1-4H3/t19-,20-,21-/m1/s1. The average Bonchev–Trinajstić information content (AvgIpc) is 3.42. The van der Waals surface area contributed by atoms with Crippen molar-refractivity contribution >= 4 is 28.8 Å². The summed E-state index contributed by atoms with van der Waals surface area (Å²) in [5.41, 5.74) is 8.49. The first-order valence-electron chi connectivity index (χ1n) is 13.7. The maximum atomic E-state index is 13.0. The summed E-state index contributed by atoms with van der Waals surface area (Å²) in [4.78, 5) is 26.4. The summed E-state index contributed by atoms with van der Waals surface area (Å²) in [5.74, 6) is 1.76. The number of nitrogens with two attached hydrogens (primary N) is 1. The molecular formula is C29H38ClF2N5O3. The third-order valence-electron chi connectivity index (χ3n) is 7.60. The lowest BCUT2D eigenvalue weighted by atomic mass is 10.0. The van der Waals surface area contributed by atoms with E-state index in [1.807, 2.05) is 18.7 Å². The van der Waals surface area contributed by atoms with Gasteiger partial charge in [0.2, 0.25) is 0 Å². The summed E-state index contributed by atoms with van der Waals surface area (Å²) in [6.45, 7) is 9.47. The maximum absolute atomic E-state index is 13.0. The summed E-state index contributed by atoms with van der Waals surface area (Å²) in [6, 6.07) is 5.14. The van der Waals surface area contributed by atoms with Crippen molar-refractivity contribution in [3.63, 3.8) is 0 Å². The van der Waals surface area contributed by atoms with Gasteiger partial charge in [-0.15, -0.1) is 0 Å². The molecule has 0 radical (unpaired) electrons. The van der Waals surface area contributed by atoms with Crippen molar-refractivity contribution in [3.8, 4) is 17.1 Å². The smallest absolute Gasteiger partial charge is 0.251 e. The van der Waals surface area contributed by atoms with E-state index in [4.69, 9.17) is 32.0 Å². The number of nitrogens with zero attached hydrogens (tertiary/aromatic N) is 4. The van der Waals surface area contributed by atoms with E-state index in [0.29, 0.717) is 77.5 Å². The highest BCUT2D eigenvalue weighted by Crippen LogP contribution is 2.38. The van der Waals surface area contributed by atoms with Crippen molar-refractivity contribution in [2.75, 3.05) is 44.2 Å². The predicted octanol–water partition coefficient (Wildman–Crippen LogP) is 4.56. The number of aliphatic hydroxyl groups excluding tert-OH is 1. The molecule has 3 atom stereocenters. The molecule has 2 aliphatic heterocycles. The van der Waals surface area contributed by atoms with E-state index >= 15 is 0 Å². The minimum absolute atomic E-state index is 0.142. The first-order valence-corrected chi connectivity index (χ1v) is 14.1. The zero-order valence-corrected chi connectivity index (χ0v) is 24.2. The van der Waals surface area contributed by atoms with Gasteiger partial charge >= 0.3 is 0 Å². The number of allylic oxidation sites excluding steroid dienone is 2. The molecule has 2 aromatic rings. The number of anilines is 1. The molecule has 11 heteroatoms. The zero-order chi connectivity index (χ0) is 29.1. The molecule has 0 unspecified atom stereocenters. The summed E-state index contributed by atoms with van der Waals surface area (Å²) in [6.07, 6.45) is -1.46. The van der Waals surface area contributed by atoms with E-state index < -0.39 is 12.5 Å². The van der Waals surface area contributed by atoms with Crippen LogP contribution in [0.4, 0.5) is 14.6 Å². The van der Waals surface area contributed by atoms with Crippen LogP contribution in [0, 0.1) is 18.8 Å². The Morgan fingerprint density at radius 3 is 2.45 bits per heavy atom. The lowest BCUT2D eigenvalue weighted by Gasteiger charge is -2.25. The van der Waals surface area contributed by atoms with E-state index in [1.54, 1.807) is 25.1 Å². The van der Waals surface area contributed by atoms with Gasteiger partial charge in [-0.2, -0.15) is 0 Å². The zero-order valence-electron chi connectivity index (χ0n) is 23.5. The Balaban J connectivity index is 1.73. The second-order valence-corrected chi connectivity index (χ2v) is 11.3. The van der Waals surface area contributed by atoms with E-state index in [1.165, 1.54) is 6.92 Å². The fourth-order valence-electron chi connectivity index (χ4n) is 5.79. The van der Waals surface area contributed by atoms with Gasteiger partial charge in [-0.25, -0.2) is 18.7 Å². The number of rotatable bonds is 11. The number of likely N-dealkylation sites (tertiary alicyclic amines) is 1. The fourth-order valence-corrected chi connectivity index (χ4v) is 5.99. The van der Waals surface area contributed by atoms with E-state index in [9.17, 15) is 18.7 Å². The van der Waals surface area contributed by atoms with Crippen molar-refractivity contribution in [2.45, 2.75) is 53.1 Å². The Hall–Kier alpha value is -2.82. The van der Waals surface area contributed by atoms with Crippen LogP contribution in [0.15, 0.2) is 23.9 Å². The van der Waals surface area contributed by atoms with Crippen molar-refractivity contribution in [1.82, 2.24) is 14.9 Å². The van der Waals surface area contributed by atoms with Gasteiger partial charge < -0.3 is 20.5 Å². The van der Waals surface area contributed by atoms with Crippen LogP contribution >= 0.6 is 11.6 Å². The lowest BCUT2D eigenvalue weighted by molar-refractivity contribution is -0.111. The van der Waals surface area contributed by atoms with Crippen LogP contribution in [0.3, 0.4) is 0 Å². The Morgan fingerprint density at radius 1 is 1.20 bits per heavy atom. The van der Waals surface area contributed by atoms with Crippen LogP contribution in [0.25, 0.3) is 17.0 Å². The molecule has 2 aliphatic rings. The Bertz CT molecular complexity index is 1260. The van der Waals surface area contributed by atoms with Crippen molar-refractivity contribution in [2.24, 2.45) is 17.6 Å². The largest absolute Gasteiger partial charge is 0.491 e. The number of benzene rings is 1. The molecule has 0 spiro atoms. The van der Waals surface area contributed by atoms with Gasteiger partial charge in [0.15, 0.2) is 11.6 Å². The number of hydrogen-bond acceptors (Lipinski definition) is 8. The summed E-state index contributed by atoms with van der Waals surface area (Å²) in [5, 5.41) is 10.5. The SMILES string of the molecule is CCC[C@@H](O)COc1ccc(Cl)c(-c2nc(C(C(C)=O)=C(C)N)c(C)c(N3C[C@H]4CN(CC(F)F)C[C@@H]4C3)n2)c1. The van der Waals surface area contributed by atoms with Crippen LogP contribution in [0.5, 0.6) is 5.75 Å². The highest BCUT2D eigenvalue weighted by atomic mass is 35.5. The van der Waals surface area contributed by atoms with Crippen molar-refractivity contribution in [3.05, 3.63) is 40.2 Å². The van der Waals surface area contributed by atoms with Gasteiger partial charge in [0.25, 0.3) is 6.43 Å². The number of ether oxygens (including phenoxy) is 1. The fraction of sp³-hybridized carbons (Fsp3) is 0.552. The number of alkyl halides is 2. The molecule has 2 fully saturated rings. The Kier molecular flexibility index (Phi) is 9.64. The van der Waals surface area contributed by atoms with E-state index in [0.717, 1.165) is 12.0 Å². The van der Waals surface area contributed by atoms with Crippen LogP contribution in [-0.4, -0.2) is 77.6 Å². The van der Waals surface area contributed by atoms with Crippen molar-refractivity contribution in [1.29, 1.82) is 0 Å². The topological polar surface area (TPSA) is 105 Å².